The molecule has 0 saturated heterocycles. The van der Waals surface area contributed by atoms with Gasteiger partial charge in [-0.3, -0.25) is 4.90 Å². The maximum Gasteiger partial charge on any atom is 0.166 e. The Kier molecular flexibility index (Phi) is 4.27. The average Bonchev–Trinajstić information content (AvgIpc) is 2.83. The third-order valence-corrected chi connectivity index (χ3v) is 6.36. The number of methoxy groups -OCH3 is 1. The molecule has 0 saturated carbocycles. The highest BCUT2D eigenvalue weighted by Crippen LogP contribution is 2.57. The molecule has 1 aromatic rings. The van der Waals surface area contributed by atoms with Gasteiger partial charge in [0.1, 0.15) is 6.10 Å². The van der Waals surface area contributed by atoms with Crippen LogP contribution in [0.2, 0.25) is 0 Å². The molecule has 3 unspecified atom stereocenters. The highest BCUT2D eigenvalue weighted by atomic mass is 79.9. The van der Waals surface area contributed by atoms with Crippen LogP contribution in [-0.4, -0.2) is 42.4 Å². The minimum Gasteiger partial charge on any atom is -0.493 e. The predicted molar refractivity (Wildman–Crippen MR) is 96.7 cm³/mol. The maximum atomic E-state index is 10.1. The van der Waals surface area contributed by atoms with E-state index in [0.717, 1.165) is 42.0 Å². The van der Waals surface area contributed by atoms with E-state index in [2.05, 4.69) is 33.0 Å². The molecule has 25 heavy (non-hydrogen) atoms. The number of hydrogen-bond acceptors (Lipinski definition) is 5. The van der Waals surface area contributed by atoms with Crippen LogP contribution in [0.5, 0.6) is 11.5 Å². The zero-order chi connectivity index (χ0) is 17.6. The summed E-state index contributed by atoms with van der Waals surface area (Å²) in [6.07, 6.45) is 5.51. The van der Waals surface area contributed by atoms with Crippen LogP contribution < -0.4 is 9.47 Å². The van der Waals surface area contributed by atoms with Crippen LogP contribution >= 0.6 is 15.9 Å². The van der Waals surface area contributed by atoms with Crippen LogP contribution in [0.4, 0.5) is 0 Å². The Labute approximate surface area is 156 Å². The van der Waals surface area contributed by atoms with Gasteiger partial charge in [0.05, 0.1) is 24.7 Å². The van der Waals surface area contributed by atoms with Crippen LogP contribution in [0.15, 0.2) is 22.7 Å². The minimum absolute atomic E-state index is 0.0830. The molecule has 0 aromatic heterocycles. The number of benzene rings is 1. The Bertz CT molecular complexity index is 773. The van der Waals surface area contributed by atoms with E-state index in [4.69, 9.17) is 14.7 Å². The van der Waals surface area contributed by atoms with Gasteiger partial charge in [-0.15, -0.1) is 0 Å². The van der Waals surface area contributed by atoms with Gasteiger partial charge in [0.15, 0.2) is 11.5 Å². The third kappa shape index (κ3) is 2.57. The van der Waals surface area contributed by atoms with Crippen molar-refractivity contribution in [3.63, 3.8) is 0 Å². The smallest absolute Gasteiger partial charge is 0.166 e. The highest BCUT2D eigenvalue weighted by molar-refractivity contribution is 9.10. The molecule has 3 atom stereocenters. The molecule has 3 aliphatic rings. The van der Waals surface area contributed by atoms with Gasteiger partial charge in [-0.2, -0.15) is 5.26 Å². The van der Waals surface area contributed by atoms with Gasteiger partial charge in [0.2, 0.25) is 0 Å². The summed E-state index contributed by atoms with van der Waals surface area (Å²) < 4.78 is 12.9. The van der Waals surface area contributed by atoms with E-state index < -0.39 is 6.10 Å². The Morgan fingerprint density at radius 2 is 2.40 bits per heavy atom. The fraction of sp³-hybridized carbons (Fsp3) is 0.526. The number of hydrogen-bond donors (Lipinski definition) is 1. The Morgan fingerprint density at radius 1 is 1.56 bits per heavy atom. The highest BCUT2D eigenvalue weighted by Gasteiger charge is 2.53. The normalized spacial score (nSPS) is 30.0. The molecular weight excluding hydrogens is 384 g/mol. The number of halogens is 1. The van der Waals surface area contributed by atoms with E-state index >= 15 is 0 Å². The topological polar surface area (TPSA) is 65.7 Å². The van der Waals surface area contributed by atoms with Crippen LogP contribution in [0.3, 0.4) is 0 Å². The van der Waals surface area contributed by atoms with Gasteiger partial charge in [-0.1, -0.05) is 28.1 Å². The largest absolute Gasteiger partial charge is 0.493 e. The second-order valence-corrected chi connectivity index (χ2v) is 7.84. The van der Waals surface area contributed by atoms with Crippen molar-refractivity contribution in [2.45, 2.75) is 43.4 Å². The Morgan fingerprint density at radius 3 is 3.16 bits per heavy atom. The summed E-state index contributed by atoms with van der Waals surface area (Å²) in [7, 11) is 1.66. The molecule has 0 bridgehead atoms. The summed E-state index contributed by atoms with van der Waals surface area (Å²) in [4.78, 5) is 2.33. The van der Waals surface area contributed by atoms with Crippen molar-refractivity contribution in [3.05, 3.63) is 33.8 Å². The molecular formula is C19H21BrN2O3. The second kappa shape index (κ2) is 6.31. The van der Waals surface area contributed by atoms with E-state index in [1.165, 1.54) is 11.1 Å². The van der Waals surface area contributed by atoms with Crippen LogP contribution in [0.1, 0.15) is 30.4 Å². The molecule has 1 aliphatic carbocycles. The standard InChI is InChI=1S/C19H21BrN2O3/c1-24-15-10-14(20)13-11-22(7-2-6-21)8-5-19-4-3-12(23)9-16(19)25-18(15)17(13)19/h3-4,10,12,16,23H,2,5,7-9,11H2,1H3. The summed E-state index contributed by atoms with van der Waals surface area (Å²) in [5.41, 5.74) is 2.16. The lowest BCUT2D eigenvalue weighted by molar-refractivity contribution is 0.0811. The number of aliphatic hydroxyl groups excluding tert-OH is 1. The molecule has 132 valence electrons. The molecule has 0 amide bonds. The molecule has 2 aliphatic heterocycles. The Balaban J connectivity index is 1.87. The number of nitrogens with zero attached hydrogens (tertiary/aromatic N) is 2. The van der Waals surface area contributed by atoms with Gasteiger partial charge in [0, 0.05) is 36.0 Å². The predicted octanol–water partition coefficient (Wildman–Crippen LogP) is 2.90. The molecule has 6 heteroatoms. The van der Waals surface area contributed by atoms with Crippen molar-refractivity contribution >= 4 is 15.9 Å². The van der Waals surface area contributed by atoms with Crippen molar-refractivity contribution in [1.29, 1.82) is 5.26 Å². The number of ether oxygens (including phenoxy) is 2. The van der Waals surface area contributed by atoms with Gasteiger partial charge < -0.3 is 14.6 Å². The molecule has 5 nitrogen and oxygen atoms in total. The van der Waals surface area contributed by atoms with Gasteiger partial charge >= 0.3 is 0 Å². The van der Waals surface area contributed by atoms with E-state index in [9.17, 15) is 5.11 Å². The zero-order valence-electron chi connectivity index (χ0n) is 14.2. The lowest BCUT2D eigenvalue weighted by Gasteiger charge is -2.35. The van der Waals surface area contributed by atoms with Crippen LogP contribution in [-0.2, 0) is 12.0 Å². The SMILES string of the molecule is COc1cc(Br)c2c3c1OC1CC(O)C=CC31CCN(CCC#N)C2. The van der Waals surface area contributed by atoms with E-state index in [1.54, 1.807) is 7.11 Å². The minimum atomic E-state index is -0.472. The quantitative estimate of drug-likeness (QED) is 0.784. The van der Waals surface area contributed by atoms with Crippen molar-refractivity contribution in [1.82, 2.24) is 4.90 Å². The summed E-state index contributed by atoms with van der Waals surface area (Å²) in [5, 5.41) is 19.0. The third-order valence-electron chi connectivity index (χ3n) is 5.65. The lowest BCUT2D eigenvalue weighted by atomic mass is 9.69. The lowest BCUT2D eigenvalue weighted by Crippen LogP contribution is -2.43. The number of nitriles is 1. The molecule has 1 aromatic carbocycles. The monoisotopic (exact) mass is 404 g/mol. The van der Waals surface area contributed by atoms with E-state index in [0.29, 0.717) is 12.8 Å². The van der Waals surface area contributed by atoms with Gasteiger partial charge in [-0.05, 0) is 24.6 Å². The van der Waals surface area contributed by atoms with Crippen molar-refractivity contribution in [3.8, 4) is 17.6 Å². The number of aliphatic hydroxyl groups is 1. The van der Waals surface area contributed by atoms with Gasteiger partial charge in [-0.25, -0.2) is 0 Å². The Hall–Kier alpha value is -1.55. The first-order valence-electron chi connectivity index (χ1n) is 8.62. The van der Waals surface area contributed by atoms with Crippen molar-refractivity contribution in [2.24, 2.45) is 0 Å². The van der Waals surface area contributed by atoms with Crippen molar-refractivity contribution < 1.29 is 14.6 Å². The van der Waals surface area contributed by atoms with E-state index in [-0.39, 0.29) is 11.5 Å². The summed E-state index contributed by atoms with van der Waals surface area (Å²) in [6.45, 7) is 2.44. The first kappa shape index (κ1) is 16.9. The van der Waals surface area contributed by atoms with Crippen LogP contribution in [0, 0.1) is 11.3 Å². The van der Waals surface area contributed by atoms with Crippen molar-refractivity contribution in [2.75, 3.05) is 20.2 Å². The maximum absolute atomic E-state index is 10.1. The molecule has 0 fully saturated rings. The molecule has 1 spiro atoms. The second-order valence-electron chi connectivity index (χ2n) is 6.99. The van der Waals surface area contributed by atoms with E-state index in [1.807, 2.05) is 12.1 Å². The first-order valence-corrected chi connectivity index (χ1v) is 9.41. The molecule has 4 rings (SSSR count). The molecule has 2 heterocycles. The number of rotatable bonds is 3. The fourth-order valence-corrected chi connectivity index (χ4v) is 4.95. The summed E-state index contributed by atoms with van der Waals surface area (Å²) in [5.74, 6) is 1.54. The summed E-state index contributed by atoms with van der Waals surface area (Å²) in [6, 6.07) is 4.21. The van der Waals surface area contributed by atoms with Crippen LogP contribution in [0.25, 0.3) is 0 Å². The first-order chi connectivity index (χ1) is 12.1. The summed E-state index contributed by atoms with van der Waals surface area (Å²) >= 11 is 3.72. The zero-order valence-corrected chi connectivity index (χ0v) is 15.8. The fourth-order valence-electron chi connectivity index (χ4n) is 4.42. The van der Waals surface area contributed by atoms with Gasteiger partial charge in [0.25, 0.3) is 0 Å². The molecule has 1 N–H and O–H groups in total. The molecule has 0 radical (unpaired) electrons. The average molecular weight is 405 g/mol.